The second-order valence-corrected chi connectivity index (χ2v) is 6.51. The van der Waals surface area contributed by atoms with E-state index in [1.807, 2.05) is 0 Å². The fourth-order valence-corrected chi connectivity index (χ4v) is 3.83. The molecule has 1 aliphatic heterocycles. The fraction of sp³-hybridized carbons (Fsp3) is 0.538. The van der Waals surface area contributed by atoms with E-state index < -0.39 is 10.0 Å². The van der Waals surface area contributed by atoms with Crippen molar-refractivity contribution in [3.63, 3.8) is 0 Å². The maximum absolute atomic E-state index is 12.5. The lowest BCUT2D eigenvalue weighted by Crippen LogP contribution is -2.35. The van der Waals surface area contributed by atoms with Crippen molar-refractivity contribution in [2.45, 2.75) is 24.2 Å². The van der Waals surface area contributed by atoms with E-state index in [0.717, 1.165) is 24.9 Å². The molecule has 0 radical (unpaired) electrons. The first-order valence-electron chi connectivity index (χ1n) is 6.45. The Bertz CT molecular complexity index is 537. The number of benzene rings is 1. The van der Waals surface area contributed by atoms with Gasteiger partial charge >= 0.3 is 0 Å². The minimum absolute atomic E-state index is 0.297. The van der Waals surface area contributed by atoms with Crippen LogP contribution in [0, 0.1) is 0 Å². The van der Waals surface area contributed by atoms with Crippen LogP contribution in [-0.4, -0.2) is 40.0 Å². The Morgan fingerprint density at radius 3 is 2.47 bits per heavy atom. The van der Waals surface area contributed by atoms with Crippen molar-refractivity contribution in [1.29, 1.82) is 0 Å². The normalized spacial score (nSPS) is 17.2. The van der Waals surface area contributed by atoms with Crippen molar-refractivity contribution < 1.29 is 13.2 Å². The largest absolute Gasteiger partial charge is 0.495 e. The lowest BCUT2D eigenvalue weighted by atomic mass is 10.2. The highest BCUT2D eigenvalue weighted by molar-refractivity contribution is 7.89. The van der Waals surface area contributed by atoms with E-state index >= 15 is 0 Å². The average Bonchev–Trinajstić information content (AvgIpc) is 2.47. The number of hydrogen-bond donors (Lipinski definition) is 1. The van der Waals surface area contributed by atoms with Crippen LogP contribution in [0.15, 0.2) is 23.1 Å². The van der Waals surface area contributed by atoms with Gasteiger partial charge in [0, 0.05) is 26.2 Å². The third kappa shape index (κ3) is 2.84. The number of nitrogens with one attached hydrogen (secondary N) is 1. The maximum atomic E-state index is 12.5. The van der Waals surface area contributed by atoms with Crippen molar-refractivity contribution in [1.82, 2.24) is 4.31 Å². The molecule has 19 heavy (non-hydrogen) atoms. The molecule has 6 heteroatoms. The van der Waals surface area contributed by atoms with Crippen LogP contribution in [0.2, 0.25) is 0 Å². The first-order chi connectivity index (χ1) is 9.09. The van der Waals surface area contributed by atoms with Gasteiger partial charge in [0.25, 0.3) is 0 Å². The molecule has 1 aromatic rings. The number of piperidine rings is 1. The average molecular weight is 284 g/mol. The molecule has 2 rings (SSSR count). The van der Waals surface area contributed by atoms with E-state index in [1.54, 1.807) is 29.6 Å². The number of ether oxygens (including phenoxy) is 1. The minimum atomic E-state index is -3.39. The molecule has 0 atom stereocenters. The van der Waals surface area contributed by atoms with Gasteiger partial charge < -0.3 is 10.1 Å². The molecule has 1 aliphatic rings. The summed E-state index contributed by atoms with van der Waals surface area (Å²) in [6, 6.07) is 4.93. The van der Waals surface area contributed by atoms with E-state index in [2.05, 4.69) is 5.32 Å². The van der Waals surface area contributed by atoms with Crippen molar-refractivity contribution in [3.05, 3.63) is 18.2 Å². The van der Waals surface area contributed by atoms with Crippen molar-refractivity contribution in [2.24, 2.45) is 0 Å². The maximum Gasteiger partial charge on any atom is 0.243 e. The first-order valence-corrected chi connectivity index (χ1v) is 7.89. The zero-order valence-electron chi connectivity index (χ0n) is 11.3. The highest BCUT2D eigenvalue weighted by Gasteiger charge is 2.26. The van der Waals surface area contributed by atoms with Gasteiger partial charge in [-0.3, -0.25) is 0 Å². The summed E-state index contributed by atoms with van der Waals surface area (Å²) in [6.45, 7) is 1.22. The van der Waals surface area contributed by atoms with Gasteiger partial charge in [-0.15, -0.1) is 0 Å². The molecule has 0 saturated carbocycles. The van der Waals surface area contributed by atoms with E-state index in [1.165, 1.54) is 7.11 Å². The monoisotopic (exact) mass is 284 g/mol. The summed E-state index contributed by atoms with van der Waals surface area (Å²) in [6.07, 6.45) is 2.98. The van der Waals surface area contributed by atoms with E-state index in [9.17, 15) is 8.42 Å². The van der Waals surface area contributed by atoms with E-state index in [4.69, 9.17) is 4.74 Å². The Labute approximate surface area is 114 Å². The lowest BCUT2D eigenvalue weighted by Gasteiger charge is -2.26. The first kappa shape index (κ1) is 14.1. The van der Waals surface area contributed by atoms with Gasteiger partial charge in [-0.1, -0.05) is 6.42 Å². The van der Waals surface area contributed by atoms with Crippen LogP contribution >= 0.6 is 0 Å². The van der Waals surface area contributed by atoms with Gasteiger partial charge in [-0.2, -0.15) is 4.31 Å². The van der Waals surface area contributed by atoms with Crippen molar-refractivity contribution >= 4 is 15.7 Å². The predicted octanol–water partition coefficient (Wildman–Crippen LogP) is 1.91. The summed E-state index contributed by atoms with van der Waals surface area (Å²) >= 11 is 0. The molecule has 106 valence electrons. The minimum Gasteiger partial charge on any atom is -0.495 e. The number of nitrogens with zero attached hydrogens (tertiary/aromatic N) is 1. The zero-order chi connectivity index (χ0) is 13.9. The van der Waals surface area contributed by atoms with Crippen LogP contribution in [0.4, 0.5) is 5.69 Å². The Morgan fingerprint density at radius 2 is 1.89 bits per heavy atom. The molecular weight excluding hydrogens is 264 g/mol. The molecule has 0 aromatic heterocycles. The Hall–Kier alpha value is -1.27. The standard InChI is InChI=1S/C13H20N2O3S/c1-14-12-7-6-11(10-13(12)18-2)19(16,17)15-8-4-3-5-9-15/h6-7,10,14H,3-5,8-9H2,1-2H3. The molecule has 1 saturated heterocycles. The smallest absolute Gasteiger partial charge is 0.243 e. The summed E-state index contributed by atoms with van der Waals surface area (Å²) in [5, 5.41) is 2.97. The Kier molecular flexibility index (Phi) is 4.31. The highest BCUT2D eigenvalue weighted by atomic mass is 32.2. The number of methoxy groups -OCH3 is 1. The van der Waals surface area contributed by atoms with Crippen LogP contribution in [0.3, 0.4) is 0 Å². The number of anilines is 1. The molecule has 1 aromatic carbocycles. The second-order valence-electron chi connectivity index (χ2n) is 4.58. The number of hydrogen-bond acceptors (Lipinski definition) is 4. The highest BCUT2D eigenvalue weighted by Crippen LogP contribution is 2.29. The van der Waals surface area contributed by atoms with Crippen LogP contribution in [-0.2, 0) is 10.0 Å². The number of rotatable bonds is 4. The molecule has 1 N–H and O–H groups in total. The lowest BCUT2D eigenvalue weighted by molar-refractivity contribution is 0.346. The summed E-state index contributed by atoms with van der Waals surface area (Å²) < 4.78 is 31.8. The SMILES string of the molecule is CNc1ccc(S(=O)(=O)N2CCCCC2)cc1OC. The van der Waals surface area contributed by atoms with Gasteiger partial charge in [0.15, 0.2) is 0 Å². The predicted molar refractivity (Wildman–Crippen MR) is 75.2 cm³/mol. The second kappa shape index (κ2) is 5.79. The van der Waals surface area contributed by atoms with Crippen LogP contribution in [0.25, 0.3) is 0 Å². The number of sulfonamides is 1. The molecule has 0 bridgehead atoms. The molecule has 0 unspecified atom stereocenters. The van der Waals surface area contributed by atoms with E-state index in [-0.39, 0.29) is 0 Å². The third-order valence-corrected chi connectivity index (χ3v) is 5.29. The van der Waals surface area contributed by atoms with E-state index in [0.29, 0.717) is 23.7 Å². The van der Waals surface area contributed by atoms with Crippen LogP contribution in [0.5, 0.6) is 5.75 Å². The molecule has 0 aliphatic carbocycles. The van der Waals surface area contributed by atoms with Crippen molar-refractivity contribution in [2.75, 3.05) is 32.6 Å². The molecule has 0 spiro atoms. The Morgan fingerprint density at radius 1 is 1.21 bits per heavy atom. The molecule has 1 heterocycles. The van der Waals surface area contributed by atoms with Gasteiger partial charge in [0.1, 0.15) is 5.75 Å². The Balaban J connectivity index is 2.34. The summed E-state index contributed by atoms with van der Waals surface area (Å²) in [4.78, 5) is 0.297. The third-order valence-electron chi connectivity index (χ3n) is 3.40. The van der Waals surface area contributed by atoms with Crippen LogP contribution in [0.1, 0.15) is 19.3 Å². The fourth-order valence-electron chi connectivity index (χ4n) is 2.29. The molecule has 0 amide bonds. The quantitative estimate of drug-likeness (QED) is 0.917. The molecule has 5 nitrogen and oxygen atoms in total. The van der Waals surface area contributed by atoms with Gasteiger partial charge in [0.05, 0.1) is 17.7 Å². The topological polar surface area (TPSA) is 58.6 Å². The van der Waals surface area contributed by atoms with Gasteiger partial charge in [-0.05, 0) is 25.0 Å². The summed E-state index contributed by atoms with van der Waals surface area (Å²) in [5.74, 6) is 0.542. The summed E-state index contributed by atoms with van der Waals surface area (Å²) in [7, 11) is -0.0844. The van der Waals surface area contributed by atoms with Gasteiger partial charge in [-0.25, -0.2) is 8.42 Å². The van der Waals surface area contributed by atoms with Crippen molar-refractivity contribution in [3.8, 4) is 5.75 Å². The molecule has 1 fully saturated rings. The zero-order valence-corrected chi connectivity index (χ0v) is 12.2. The molecular formula is C13H20N2O3S. The summed E-state index contributed by atoms with van der Waals surface area (Å²) in [5.41, 5.74) is 0.778. The van der Waals surface area contributed by atoms with Gasteiger partial charge in [0.2, 0.25) is 10.0 Å². The van der Waals surface area contributed by atoms with Crippen LogP contribution < -0.4 is 10.1 Å².